The summed E-state index contributed by atoms with van der Waals surface area (Å²) < 4.78 is 0. The first-order valence-corrected chi connectivity index (χ1v) is 7.51. The summed E-state index contributed by atoms with van der Waals surface area (Å²) in [5, 5.41) is 5.43. The van der Waals surface area contributed by atoms with Gasteiger partial charge in [0, 0.05) is 17.4 Å². The van der Waals surface area contributed by atoms with E-state index >= 15 is 0 Å². The van der Waals surface area contributed by atoms with E-state index in [1.165, 1.54) is 22.5 Å². The second-order valence-corrected chi connectivity index (χ2v) is 5.65. The molecule has 0 aliphatic carbocycles. The molecule has 0 aliphatic rings. The number of nitrogens with two attached hydrogens (primary N) is 1. The normalized spacial score (nSPS) is 10.6. The molecule has 1 aromatic heterocycles. The largest absolute Gasteiger partial charge is 0.330 e. The molecule has 1 aromatic carbocycles. The summed E-state index contributed by atoms with van der Waals surface area (Å²) in [7, 11) is 0. The van der Waals surface area contributed by atoms with Gasteiger partial charge in [-0.3, -0.25) is 4.79 Å². The fourth-order valence-electron chi connectivity index (χ4n) is 1.91. The quantitative estimate of drug-likeness (QED) is 0.888. The minimum absolute atomic E-state index is 0.0303. The van der Waals surface area contributed by atoms with Gasteiger partial charge in [0.05, 0.1) is 5.69 Å². The predicted molar refractivity (Wildman–Crippen MR) is 83.9 cm³/mol. The van der Waals surface area contributed by atoms with Gasteiger partial charge in [-0.15, -0.1) is 11.3 Å². The van der Waals surface area contributed by atoms with Gasteiger partial charge in [-0.2, -0.15) is 0 Å². The van der Waals surface area contributed by atoms with Gasteiger partial charge in [0.15, 0.2) is 5.13 Å². The maximum atomic E-state index is 11.6. The number of hydrogen-bond donors (Lipinski definition) is 2. The third-order valence-corrected chi connectivity index (χ3v) is 3.79. The first-order chi connectivity index (χ1) is 9.60. The van der Waals surface area contributed by atoms with Gasteiger partial charge in [-0.05, 0) is 38.4 Å². The highest BCUT2D eigenvalue weighted by atomic mass is 32.1. The van der Waals surface area contributed by atoms with Crippen molar-refractivity contribution in [1.82, 2.24) is 4.98 Å². The number of hydrogen-bond acceptors (Lipinski definition) is 4. The van der Waals surface area contributed by atoms with Crippen LogP contribution in [0.4, 0.5) is 5.13 Å². The van der Waals surface area contributed by atoms with Crippen LogP contribution in [0, 0.1) is 13.8 Å². The Bertz CT molecular complexity index is 607. The van der Waals surface area contributed by atoms with Crippen molar-refractivity contribution >= 4 is 22.4 Å². The molecule has 1 amide bonds. The zero-order chi connectivity index (χ0) is 14.5. The molecule has 2 rings (SSSR count). The molecule has 0 unspecified atom stereocenters. The molecule has 0 saturated heterocycles. The number of nitrogens with one attached hydrogen (secondary N) is 1. The Hall–Kier alpha value is -1.72. The van der Waals surface area contributed by atoms with E-state index < -0.39 is 0 Å². The van der Waals surface area contributed by atoms with Crippen LogP contribution in [0.2, 0.25) is 0 Å². The number of thiazole rings is 1. The SMILES string of the molecule is Cc1ccc(C)c(-c2csc(NC(=O)CCCN)n2)c1. The Morgan fingerprint density at radius 2 is 2.20 bits per heavy atom. The van der Waals surface area contributed by atoms with Gasteiger partial charge < -0.3 is 11.1 Å². The van der Waals surface area contributed by atoms with Crippen LogP contribution in [-0.2, 0) is 4.79 Å². The molecule has 0 saturated carbocycles. The van der Waals surface area contributed by atoms with Crippen LogP contribution < -0.4 is 11.1 Å². The molecule has 20 heavy (non-hydrogen) atoms. The van der Waals surface area contributed by atoms with Crippen LogP contribution in [-0.4, -0.2) is 17.4 Å². The van der Waals surface area contributed by atoms with Gasteiger partial charge in [-0.1, -0.05) is 17.7 Å². The van der Waals surface area contributed by atoms with Crippen LogP contribution in [0.15, 0.2) is 23.6 Å². The summed E-state index contributed by atoms with van der Waals surface area (Å²) in [6.07, 6.45) is 1.13. The number of nitrogens with zero attached hydrogens (tertiary/aromatic N) is 1. The lowest BCUT2D eigenvalue weighted by Gasteiger charge is -2.04. The van der Waals surface area contributed by atoms with Crippen LogP contribution in [0.25, 0.3) is 11.3 Å². The highest BCUT2D eigenvalue weighted by molar-refractivity contribution is 7.14. The topological polar surface area (TPSA) is 68.0 Å². The zero-order valence-electron chi connectivity index (χ0n) is 11.8. The molecule has 5 heteroatoms. The lowest BCUT2D eigenvalue weighted by Crippen LogP contribution is -2.13. The van der Waals surface area contributed by atoms with Crippen molar-refractivity contribution < 1.29 is 4.79 Å². The molecular weight excluding hydrogens is 270 g/mol. The standard InChI is InChI=1S/C15H19N3OS/c1-10-5-6-11(2)12(8-10)13-9-20-15(17-13)18-14(19)4-3-7-16/h5-6,8-9H,3-4,7,16H2,1-2H3,(H,17,18,19). The Labute approximate surface area is 123 Å². The smallest absolute Gasteiger partial charge is 0.226 e. The summed E-state index contributed by atoms with van der Waals surface area (Å²) >= 11 is 1.45. The second kappa shape index (κ2) is 6.63. The number of amides is 1. The van der Waals surface area contributed by atoms with Crippen LogP contribution in [0.1, 0.15) is 24.0 Å². The van der Waals surface area contributed by atoms with E-state index in [0.29, 0.717) is 24.5 Å². The van der Waals surface area contributed by atoms with E-state index in [2.05, 4.69) is 42.3 Å². The van der Waals surface area contributed by atoms with E-state index in [1.807, 2.05) is 5.38 Å². The van der Waals surface area contributed by atoms with Gasteiger partial charge in [0.1, 0.15) is 0 Å². The molecule has 0 spiro atoms. The fourth-order valence-corrected chi connectivity index (χ4v) is 2.64. The number of carbonyl (C=O) groups excluding carboxylic acids is 1. The number of carbonyl (C=O) groups is 1. The molecule has 0 radical (unpaired) electrons. The van der Waals surface area contributed by atoms with Crippen LogP contribution in [0.5, 0.6) is 0 Å². The zero-order valence-corrected chi connectivity index (χ0v) is 12.6. The minimum Gasteiger partial charge on any atom is -0.330 e. The predicted octanol–water partition coefficient (Wildman–Crippen LogP) is 3.10. The highest BCUT2D eigenvalue weighted by Crippen LogP contribution is 2.28. The average molecular weight is 289 g/mol. The van der Waals surface area contributed by atoms with E-state index in [-0.39, 0.29) is 5.91 Å². The first kappa shape index (κ1) is 14.7. The molecule has 1 heterocycles. The summed E-state index contributed by atoms with van der Waals surface area (Å²) in [6, 6.07) is 6.29. The summed E-state index contributed by atoms with van der Waals surface area (Å²) in [5.41, 5.74) is 9.79. The lowest BCUT2D eigenvalue weighted by atomic mass is 10.0. The number of anilines is 1. The Balaban J connectivity index is 2.12. The fraction of sp³-hybridized carbons (Fsp3) is 0.333. The Kier molecular flexibility index (Phi) is 4.87. The average Bonchev–Trinajstić information content (AvgIpc) is 2.87. The molecule has 0 bridgehead atoms. The van der Waals surface area contributed by atoms with Crippen LogP contribution in [0.3, 0.4) is 0 Å². The summed E-state index contributed by atoms with van der Waals surface area (Å²) in [5.74, 6) is -0.0303. The third-order valence-electron chi connectivity index (χ3n) is 3.03. The van der Waals surface area contributed by atoms with Gasteiger partial charge in [0.2, 0.25) is 5.91 Å². The maximum Gasteiger partial charge on any atom is 0.226 e. The molecular formula is C15H19N3OS. The summed E-state index contributed by atoms with van der Waals surface area (Å²) in [6.45, 7) is 4.65. The summed E-state index contributed by atoms with van der Waals surface area (Å²) in [4.78, 5) is 16.1. The van der Waals surface area contributed by atoms with E-state index in [1.54, 1.807) is 0 Å². The number of aromatic nitrogens is 1. The molecule has 106 valence electrons. The van der Waals surface area contributed by atoms with Crippen molar-refractivity contribution in [3.8, 4) is 11.3 Å². The Morgan fingerprint density at radius 3 is 2.95 bits per heavy atom. The van der Waals surface area contributed by atoms with E-state index in [4.69, 9.17) is 5.73 Å². The molecule has 0 fully saturated rings. The highest BCUT2D eigenvalue weighted by Gasteiger charge is 2.09. The van der Waals surface area contributed by atoms with E-state index in [0.717, 1.165) is 11.3 Å². The molecule has 3 N–H and O–H groups in total. The van der Waals surface area contributed by atoms with Crippen molar-refractivity contribution in [2.24, 2.45) is 5.73 Å². The first-order valence-electron chi connectivity index (χ1n) is 6.63. The monoisotopic (exact) mass is 289 g/mol. The van der Waals surface area contributed by atoms with Crippen LogP contribution >= 0.6 is 11.3 Å². The Morgan fingerprint density at radius 1 is 1.40 bits per heavy atom. The van der Waals surface area contributed by atoms with Crippen molar-refractivity contribution in [3.63, 3.8) is 0 Å². The lowest BCUT2D eigenvalue weighted by molar-refractivity contribution is -0.116. The second-order valence-electron chi connectivity index (χ2n) is 4.80. The van der Waals surface area contributed by atoms with Crippen molar-refractivity contribution in [3.05, 3.63) is 34.7 Å². The number of benzene rings is 1. The van der Waals surface area contributed by atoms with Crippen molar-refractivity contribution in [1.29, 1.82) is 0 Å². The molecule has 2 aromatic rings. The molecule has 0 atom stereocenters. The van der Waals surface area contributed by atoms with Gasteiger partial charge >= 0.3 is 0 Å². The third kappa shape index (κ3) is 3.65. The molecule has 0 aliphatic heterocycles. The van der Waals surface area contributed by atoms with Gasteiger partial charge in [-0.25, -0.2) is 4.98 Å². The van der Waals surface area contributed by atoms with Gasteiger partial charge in [0.25, 0.3) is 0 Å². The number of aryl methyl sites for hydroxylation is 2. The van der Waals surface area contributed by atoms with E-state index in [9.17, 15) is 4.79 Å². The van der Waals surface area contributed by atoms with Crippen molar-refractivity contribution in [2.75, 3.05) is 11.9 Å². The van der Waals surface area contributed by atoms with Crippen molar-refractivity contribution in [2.45, 2.75) is 26.7 Å². The minimum atomic E-state index is -0.0303. The molecule has 4 nitrogen and oxygen atoms in total. The number of rotatable bonds is 5. The maximum absolute atomic E-state index is 11.6.